The smallest absolute Gasteiger partial charge is 0.0414 e. The van der Waals surface area contributed by atoms with Crippen molar-refractivity contribution in [3.63, 3.8) is 0 Å². The number of nitrogens with zero attached hydrogens (tertiary/aromatic N) is 1. The standard InChI is InChI=1S/C12H19NS/c1-10(2)12-6-4-11(5-7-12)8-13(3)9-14/h4-7,10,14H,8-9H2,1-3H3. The molecule has 0 aliphatic heterocycles. The van der Waals surface area contributed by atoms with Gasteiger partial charge in [0.2, 0.25) is 0 Å². The molecule has 0 heterocycles. The quantitative estimate of drug-likeness (QED) is 0.589. The number of rotatable bonds is 4. The van der Waals surface area contributed by atoms with Crippen molar-refractivity contribution >= 4 is 12.6 Å². The summed E-state index contributed by atoms with van der Waals surface area (Å²) in [7, 11) is 2.07. The van der Waals surface area contributed by atoms with E-state index in [9.17, 15) is 0 Å². The largest absolute Gasteiger partial charge is 0.293 e. The zero-order chi connectivity index (χ0) is 10.6. The number of hydrogen-bond donors (Lipinski definition) is 1. The summed E-state index contributed by atoms with van der Waals surface area (Å²) in [6.45, 7) is 5.41. The van der Waals surface area contributed by atoms with Gasteiger partial charge in [0, 0.05) is 12.4 Å². The molecule has 0 amide bonds. The maximum Gasteiger partial charge on any atom is 0.0414 e. The molecule has 0 aliphatic carbocycles. The highest BCUT2D eigenvalue weighted by molar-refractivity contribution is 7.80. The average Bonchev–Trinajstić information content (AvgIpc) is 2.18. The highest BCUT2D eigenvalue weighted by Crippen LogP contribution is 2.15. The summed E-state index contributed by atoms with van der Waals surface area (Å²) >= 11 is 4.22. The second kappa shape index (κ2) is 5.42. The Labute approximate surface area is 92.5 Å². The molecule has 0 bridgehead atoms. The number of hydrogen-bond acceptors (Lipinski definition) is 2. The van der Waals surface area contributed by atoms with Crippen molar-refractivity contribution in [1.29, 1.82) is 0 Å². The van der Waals surface area contributed by atoms with Crippen molar-refractivity contribution in [3.8, 4) is 0 Å². The van der Waals surface area contributed by atoms with Crippen LogP contribution in [0.3, 0.4) is 0 Å². The van der Waals surface area contributed by atoms with E-state index in [1.807, 2.05) is 0 Å². The zero-order valence-corrected chi connectivity index (χ0v) is 10.1. The van der Waals surface area contributed by atoms with Crippen molar-refractivity contribution in [3.05, 3.63) is 35.4 Å². The van der Waals surface area contributed by atoms with Crippen molar-refractivity contribution in [2.24, 2.45) is 0 Å². The van der Waals surface area contributed by atoms with Crippen molar-refractivity contribution in [2.75, 3.05) is 12.9 Å². The van der Waals surface area contributed by atoms with E-state index < -0.39 is 0 Å². The molecule has 0 atom stereocenters. The third-order valence-corrected chi connectivity index (χ3v) is 2.82. The van der Waals surface area contributed by atoms with Crippen LogP contribution in [0.15, 0.2) is 24.3 Å². The molecule has 0 saturated heterocycles. The molecule has 1 aromatic rings. The lowest BCUT2D eigenvalue weighted by molar-refractivity contribution is 0.387. The van der Waals surface area contributed by atoms with Crippen molar-refractivity contribution < 1.29 is 0 Å². The Balaban J connectivity index is 2.64. The molecule has 0 fully saturated rings. The van der Waals surface area contributed by atoms with Crippen LogP contribution < -0.4 is 0 Å². The van der Waals surface area contributed by atoms with E-state index in [1.165, 1.54) is 11.1 Å². The first-order valence-electron chi connectivity index (χ1n) is 5.01. The molecule has 14 heavy (non-hydrogen) atoms. The van der Waals surface area contributed by atoms with Gasteiger partial charge in [0.1, 0.15) is 0 Å². The molecular formula is C12H19NS. The predicted molar refractivity (Wildman–Crippen MR) is 65.9 cm³/mol. The number of benzene rings is 1. The minimum Gasteiger partial charge on any atom is -0.293 e. The Bertz CT molecular complexity index is 266. The summed E-state index contributed by atoms with van der Waals surface area (Å²) in [5, 5.41) is 0. The highest BCUT2D eigenvalue weighted by atomic mass is 32.1. The molecule has 78 valence electrons. The van der Waals surface area contributed by atoms with Gasteiger partial charge in [0.05, 0.1) is 0 Å². The van der Waals surface area contributed by atoms with Crippen LogP contribution >= 0.6 is 12.6 Å². The SMILES string of the molecule is CC(C)c1ccc(CN(C)CS)cc1. The maximum atomic E-state index is 4.22. The fourth-order valence-corrected chi connectivity index (χ4v) is 1.47. The summed E-state index contributed by atoms with van der Waals surface area (Å²) in [6.07, 6.45) is 0. The fourth-order valence-electron chi connectivity index (χ4n) is 1.37. The van der Waals surface area contributed by atoms with Gasteiger partial charge in [-0.3, -0.25) is 4.90 Å². The van der Waals surface area contributed by atoms with Gasteiger partial charge in [-0.2, -0.15) is 12.6 Å². The van der Waals surface area contributed by atoms with Crippen LogP contribution in [0, 0.1) is 0 Å². The van der Waals surface area contributed by atoms with Crippen LogP contribution in [-0.2, 0) is 6.54 Å². The van der Waals surface area contributed by atoms with E-state index in [2.05, 4.69) is 62.7 Å². The lowest BCUT2D eigenvalue weighted by atomic mass is 10.0. The lowest BCUT2D eigenvalue weighted by Gasteiger charge is -2.14. The Hall–Kier alpha value is -0.470. The first kappa shape index (κ1) is 11.6. The summed E-state index contributed by atoms with van der Waals surface area (Å²) in [4.78, 5) is 2.17. The van der Waals surface area contributed by atoms with Gasteiger partial charge in [-0.25, -0.2) is 0 Å². The zero-order valence-electron chi connectivity index (χ0n) is 9.20. The fraction of sp³-hybridized carbons (Fsp3) is 0.500. The van der Waals surface area contributed by atoms with E-state index in [0.29, 0.717) is 5.92 Å². The van der Waals surface area contributed by atoms with Crippen LogP contribution in [0.5, 0.6) is 0 Å². The average molecular weight is 209 g/mol. The summed E-state index contributed by atoms with van der Waals surface area (Å²) in [6, 6.07) is 8.84. The highest BCUT2D eigenvalue weighted by Gasteiger charge is 2.00. The van der Waals surface area contributed by atoms with Crippen molar-refractivity contribution in [2.45, 2.75) is 26.3 Å². The molecule has 0 aromatic heterocycles. The Morgan fingerprint density at radius 1 is 1.21 bits per heavy atom. The molecule has 0 N–H and O–H groups in total. The molecule has 1 aromatic carbocycles. The van der Waals surface area contributed by atoms with Crippen LogP contribution in [0.25, 0.3) is 0 Å². The summed E-state index contributed by atoms with van der Waals surface area (Å²) in [5.74, 6) is 1.41. The lowest BCUT2D eigenvalue weighted by Crippen LogP contribution is -2.15. The second-order valence-electron chi connectivity index (χ2n) is 4.05. The van der Waals surface area contributed by atoms with E-state index >= 15 is 0 Å². The Morgan fingerprint density at radius 2 is 1.79 bits per heavy atom. The van der Waals surface area contributed by atoms with Gasteiger partial charge in [-0.15, -0.1) is 0 Å². The summed E-state index contributed by atoms with van der Waals surface area (Å²) in [5.41, 5.74) is 2.76. The van der Waals surface area contributed by atoms with Crippen LogP contribution in [-0.4, -0.2) is 17.8 Å². The van der Waals surface area contributed by atoms with Crippen LogP contribution in [0.4, 0.5) is 0 Å². The van der Waals surface area contributed by atoms with Gasteiger partial charge in [0.15, 0.2) is 0 Å². The Kier molecular flexibility index (Phi) is 4.49. The van der Waals surface area contributed by atoms with Gasteiger partial charge in [-0.1, -0.05) is 38.1 Å². The molecule has 1 rings (SSSR count). The normalized spacial score (nSPS) is 11.3. The monoisotopic (exact) mass is 209 g/mol. The van der Waals surface area contributed by atoms with Crippen LogP contribution in [0.1, 0.15) is 30.9 Å². The summed E-state index contributed by atoms with van der Waals surface area (Å²) < 4.78 is 0. The van der Waals surface area contributed by atoms with Gasteiger partial charge >= 0.3 is 0 Å². The Morgan fingerprint density at radius 3 is 2.21 bits per heavy atom. The molecule has 2 heteroatoms. The third kappa shape index (κ3) is 3.35. The molecule has 0 spiro atoms. The molecular weight excluding hydrogens is 190 g/mol. The van der Waals surface area contributed by atoms with E-state index in [1.54, 1.807) is 0 Å². The second-order valence-corrected chi connectivity index (χ2v) is 4.33. The first-order chi connectivity index (χ1) is 6.63. The molecule has 0 unspecified atom stereocenters. The third-order valence-electron chi connectivity index (χ3n) is 2.34. The van der Waals surface area contributed by atoms with E-state index in [0.717, 1.165) is 12.4 Å². The molecule has 0 radical (unpaired) electrons. The van der Waals surface area contributed by atoms with Crippen LogP contribution in [0.2, 0.25) is 0 Å². The topological polar surface area (TPSA) is 3.24 Å². The van der Waals surface area contributed by atoms with Gasteiger partial charge < -0.3 is 0 Å². The van der Waals surface area contributed by atoms with Gasteiger partial charge in [-0.05, 0) is 24.1 Å². The minimum atomic E-state index is 0.617. The van der Waals surface area contributed by atoms with Gasteiger partial charge in [0.25, 0.3) is 0 Å². The predicted octanol–water partition coefficient (Wildman–Crippen LogP) is 3.13. The minimum absolute atomic E-state index is 0.617. The molecule has 0 saturated carbocycles. The first-order valence-corrected chi connectivity index (χ1v) is 5.65. The number of thiol groups is 1. The van der Waals surface area contributed by atoms with E-state index in [-0.39, 0.29) is 0 Å². The molecule has 1 nitrogen and oxygen atoms in total. The van der Waals surface area contributed by atoms with E-state index in [4.69, 9.17) is 0 Å². The van der Waals surface area contributed by atoms with Crippen molar-refractivity contribution in [1.82, 2.24) is 4.90 Å². The molecule has 0 aliphatic rings. The maximum absolute atomic E-state index is 4.22.